The molecule has 2 N–H and O–H groups in total. The number of carbonyl (C=O) groups is 4. The van der Waals surface area contributed by atoms with Gasteiger partial charge in [0.25, 0.3) is 0 Å². The maximum absolute atomic E-state index is 11.2. The first-order valence-electron chi connectivity index (χ1n) is 12.7. The summed E-state index contributed by atoms with van der Waals surface area (Å²) in [5, 5.41) is 17.0. The third kappa shape index (κ3) is 21.8. The van der Waals surface area contributed by atoms with Gasteiger partial charge in [0, 0.05) is 35.8 Å². The molecule has 9 nitrogen and oxygen atoms in total. The maximum Gasteiger partial charge on any atom is 0.333 e. The van der Waals surface area contributed by atoms with Gasteiger partial charge in [-0.15, -0.1) is 0 Å². The van der Waals surface area contributed by atoms with Crippen LogP contribution in [0.3, 0.4) is 0 Å². The van der Waals surface area contributed by atoms with Crippen LogP contribution in [-0.4, -0.2) is 61.0 Å². The van der Waals surface area contributed by atoms with Crippen LogP contribution in [0.5, 0.6) is 0 Å². The molecule has 1 aromatic carbocycles. The Morgan fingerprint density at radius 3 is 2.05 bits per heavy atom. The molecule has 1 aromatic rings. The molecule has 0 saturated heterocycles. The number of carboxylic acids is 1. The molecule has 0 aliphatic carbocycles. The smallest absolute Gasteiger partial charge is 0.333 e. The van der Waals surface area contributed by atoms with E-state index in [0.29, 0.717) is 25.0 Å². The molecule has 0 aliphatic heterocycles. The molecule has 0 radical (unpaired) electrons. The van der Waals surface area contributed by atoms with Crippen LogP contribution < -0.4 is 0 Å². The summed E-state index contributed by atoms with van der Waals surface area (Å²) in [5.41, 5.74) is 1.92. The Kier molecular flexibility index (Phi) is 23.8. The van der Waals surface area contributed by atoms with Gasteiger partial charge >= 0.3 is 23.9 Å². The van der Waals surface area contributed by atoms with E-state index < -0.39 is 11.9 Å². The lowest BCUT2D eigenvalue weighted by atomic mass is 10.1. The normalized spacial score (nSPS) is 10.2. The molecule has 0 aromatic heterocycles. The molecule has 9 heteroatoms. The number of aliphatic carboxylic acids is 1. The summed E-state index contributed by atoms with van der Waals surface area (Å²) in [6.45, 7) is 14.5. The van der Waals surface area contributed by atoms with Gasteiger partial charge in [-0.1, -0.05) is 81.6 Å². The number of carboxylic acid groups (broad SMARTS) is 1. The summed E-state index contributed by atoms with van der Waals surface area (Å²) in [6.07, 6.45) is 9.45. The number of benzene rings is 1. The maximum atomic E-state index is 11.2. The predicted molar refractivity (Wildman–Crippen MR) is 155 cm³/mol. The van der Waals surface area contributed by atoms with Crippen LogP contribution in [-0.2, 0) is 33.4 Å². The molecule has 0 bridgehead atoms. The van der Waals surface area contributed by atoms with Crippen LogP contribution in [0, 0.1) is 0 Å². The average molecular weight is 559 g/mol. The van der Waals surface area contributed by atoms with Crippen molar-refractivity contribution in [2.24, 2.45) is 0 Å². The van der Waals surface area contributed by atoms with Crippen molar-refractivity contribution in [3.8, 4) is 0 Å². The second-order valence-corrected chi connectivity index (χ2v) is 8.05. The minimum atomic E-state index is -1.03. The molecule has 0 saturated carbocycles. The number of ether oxygens (including phenoxy) is 3. The van der Waals surface area contributed by atoms with Crippen LogP contribution in [0.1, 0.15) is 51.5 Å². The monoisotopic (exact) mass is 558 g/mol. The van der Waals surface area contributed by atoms with Crippen molar-refractivity contribution in [3.05, 3.63) is 90.6 Å². The molecule has 0 unspecified atom stereocenters. The van der Waals surface area contributed by atoms with E-state index in [1.54, 1.807) is 0 Å². The fourth-order valence-corrected chi connectivity index (χ4v) is 2.28. The van der Waals surface area contributed by atoms with Crippen LogP contribution >= 0.6 is 0 Å². The molecule has 0 amide bonds. The first-order chi connectivity index (χ1) is 19.0. The average Bonchev–Trinajstić information content (AvgIpc) is 2.96. The van der Waals surface area contributed by atoms with E-state index in [1.165, 1.54) is 26.2 Å². The van der Waals surface area contributed by atoms with Gasteiger partial charge in [0.15, 0.2) is 0 Å². The molecule has 0 heterocycles. The zero-order valence-corrected chi connectivity index (χ0v) is 23.7. The van der Waals surface area contributed by atoms with Gasteiger partial charge in [0.2, 0.25) is 0 Å². The number of hydrogen-bond acceptors (Lipinski definition) is 8. The third-order valence-corrected chi connectivity index (χ3v) is 4.67. The minimum Gasteiger partial charge on any atom is -0.478 e. The third-order valence-electron chi connectivity index (χ3n) is 4.67. The number of methoxy groups -OCH3 is 1. The molecule has 1 rings (SSSR count). The van der Waals surface area contributed by atoms with Gasteiger partial charge in [-0.25, -0.2) is 19.2 Å². The molecular formula is C31H42O9. The summed E-state index contributed by atoms with van der Waals surface area (Å²) < 4.78 is 14.0. The van der Waals surface area contributed by atoms with Gasteiger partial charge in [-0.05, 0) is 31.7 Å². The number of aliphatic hydroxyl groups excluding tert-OH is 1. The van der Waals surface area contributed by atoms with Crippen molar-refractivity contribution in [1.29, 1.82) is 0 Å². The molecule has 40 heavy (non-hydrogen) atoms. The van der Waals surface area contributed by atoms with E-state index in [4.69, 9.17) is 14.9 Å². The highest BCUT2D eigenvalue weighted by Crippen LogP contribution is 2.07. The van der Waals surface area contributed by atoms with Crippen molar-refractivity contribution in [2.45, 2.75) is 46.0 Å². The van der Waals surface area contributed by atoms with Crippen molar-refractivity contribution >= 4 is 30.0 Å². The summed E-state index contributed by atoms with van der Waals surface area (Å²) in [4.78, 5) is 43.0. The van der Waals surface area contributed by atoms with E-state index in [-0.39, 0.29) is 42.7 Å². The molecule has 0 spiro atoms. The summed E-state index contributed by atoms with van der Waals surface area (Å²) in [5.74, 6) is -2.28. The number of rotatable bonds is 15. The van der Waals surface area contributed by atoms with E-state index in [2.05, 4.69) is 29.2 Å². The molecule has 220 valence electrons. The summed E-state index contributed by atoms with van der Waals surface area (Å²) in [6, 6.07) is 9.89. The standard InChI is InChI=1S/C13H14O2.C11H16O5.C7H12O2/c1-11(13(14)15-2)7-6-10-12-8-4-3-5-9-12;1-8(10(13)14)4-5-9(2)11(15)16-7-3-6-12;1-3-5-6-9-7(8)4-2/h3-6,8-10H,1,7H2,2H3;4,12H,2-3,5-7H2,1H3,(H,13,14);4H,2-3,5-6H2,1H3. The van der Waals surface area contributed by atoms with Crippen molar-refractivity contribution in [1.82, 2.24) is 0 Å². The van der Waals surface area contributed by atoms with Gasteiger partial charge in [-0.2, -0.15) is 0 Å². The van der Waals surface area contributed by atoms with E-state index >= 15 is 0 Å². The molecule has 0 aliphatic rings. The Morgan fingerprint density at radius 2 is 1.52 bits per heavy atom. The van der Waals surface area contributed by atoms with Crippen molar-refractivity contribution in [3.63, 3.8) is 0 Å². The largest absolute Gasteiger partial charge is 0.478 e. The SMILES string of the molecule is C=C(CC=C(C)C(=O)O)C(=O)OCCCO.C=C(CC=Cc1ccccc1)C(=O)OC.C=CC(=O)OCCCC. The van der Waals surface area contributed by atoms with Gasteiger partial charge in [-0.3, -0.25) is 0 Å². The second kappa shape index (κ2) is 25.1. The Balaban J connectivity index is 0. The molecule has 0 atom stereocenters. The van der Waals surface area contributed by atoms with Crippen LogP contribution in [0.25, 0.3) is 6.08 Å². The lowest BCUT2D eigenvalue weighted by Gasteiger charge is -2.04. The quantitative estimate of drug-likeness (QED) is 0.128. The molecule has 0 fully saturated rings. The number of aliphatic hydroxyl groups is 1. The zero-order chi connectivity index (χ0) is 30.8. The van der Waals surface area contributed by atoms with E-state index in [9.17, 15) is 19.2 Å². The number of unbranched alkanes of at least 4 members (excludes halogenated alkanes) is 1. The molecular weight excluding hydrogens is 516 g/mol. The summed E-state index contributed by atoms with van der Waals surface area (Å²) in [7, 11) is 1.36. The van der Waals surface area contributed by atoms with Gasteiger partial charge in [0.05, 0.1) is 20.3 Å². The van der Waals surface area contributed by atoms with E-state index in [0.717, 1.165) is 18.4 Å². The summed E-state index contributed by atoms with van der Waals surface area (Å²) >= 11 is 0. The number of allylic oxidation sites excluding steroid dienone is 2. The first kappa shape index (κ1) is 37.9. The van der Waals surface area contributed by atoms with Crippen LogP contribution in [0.2, 0.25) is 0 Å². The minimum absolute atomic E-state index is 0.0439. The van der Waals surface area contributed by atoms with Crippen LogP contribution in [0.15, 0.2) is 85.0 Å². The first-order valence-corrected chi connectivity index (χ1v) is 12.7. The Bertz CT molecular complexity index is 1000. The fourth-order valence-electron chi connectivity index (χ4n) is 2.28. The van der Waals surface area contributed by atoms with E-state index in [1.807, 2.05) is 49.4 Å². The lowest BCUT2D eigenvalue weighted by Crippen LogP contribution is -2.09. The number of carbonyl (C=O) groups excluding carboxylic acids is 3. The zero-order valence-electron chi connectivity index (χ0n) is 23.7. The van der Waals surface area contributed by atoms with Crippen molar-refractivity contribution < 1.29 is 43.6 Å². The topological polar surface area (TPSA) is 136 Å². The van der Waals surface area contributed by atoms with Gasteiger partial charge < -0.3 is 24.4 Å². The fraction of sp³-hybridized carbons (Fsp3) is 0.355. The Morgan fingerprint density at radius 1 is 0.925 bits per heavy atom. The highest BCUT2D eigenvalue weighted by atomic mass is 16.5. The van der Waals surface area contributed by atoms with Gasteiger partial charge in [0.1, 0.15) is 0 Å². The van der Waals surface area contributed by atoms with Crippen LogP contribution in [0.4, 0.5) is 0 Å². The number of esters is 3. The lowest BCUT2D eigenvalue weighted by molar-refractivity contribution is -0.139. The highest BCUT2D eigenvalue weighted by molar-refractivity contribution is 5.89. The number of hydrogen-bond donors (Lipinski definition) is 2. The predicted octanol–water partition coefficient (Wildman–Crippen LogP) is 5.22. The highest BCUT2D eigenvalue weighted by Gasteiger charge is 2.08. The van der Waals surface area contributed by atoms with Crippen molar-refractivity contribution in [2.75, 3.05) is 26.9 Å². The Hall–Kier alpha value is -4.24. The Labute approximate surface area is 237 Å². The second-order valence-electron chi connectivity index (χ2n) is 8.05.